The average molecular weight is 355 g/mol. The third-order valence-corrected chi connectivity index (χ3v) is 4.22. The van der Waals surface area contributed by atoms with Gasteiger partial charge in [-0.2, -0.15) is 4.98 Å². The molecule has 0 radical (unpaired) electrons. The van der Waals surface area contributed by atoms with Crippen molar-refractivity contribution in [2.75, 3.05) is 20.2 Å². The fraction of sp³-hybridized carbons (Fsp3) is 0.316. The van der Waals surface area contributed by atoms with Crippen LogP contribution in [0.3, 0.4) is 0 Å². The molecule has 3 rings (SSSR count). The van der Waals surface area contributed by atoms with Crippen molar-refractivity contribution >= 4 is 11.7 Å². The molecule has 0 saturated carbocycles. The molecular formula is C19H21N3O4. The van der Waals surface area contributed by atoms with Crippen molar-refractivity contribution in [1.29, 1.82) is 0 Å². The molecule has 1 N–H and O–H groups in total. The molecule has 0 spiro atoms. The Kier molecular flexibility index (Phi) is 5.36. The van der Waals surface area contributed by atoms with Crippen molar-refractivity contribution in [3.63, 3.8) is 0 Å². The lowest BCUT2D eigenvalue weighted by Gasteiger charge is -2.13. The van der Waals surface area contributed by atoms with Crippen molar-refractivity contribution in [3.05, 3.63) is 53.5 Å². The molecule has 1 aliphatic rings. The van der Waals surface area contributed by atoms with Crippen LogP contribution in [0, 0.1) is 0 Å². The molecule has 0 bridgehead atoms. The highest BCUT2D eigenvalue weighted by Crippen LogP contribution is 2.23. The molecule has 1 aromatic carbocycles. The number of nitrogens with zero attached hydrogens (tertiary/aromatic N) is 3. The van der Waals surface area contributed by atoms with E-state index in [0.717, 1.165) is 28.9 Å². The van der Waals surface area contributed by atoms with Crippen molar-refractivity contribution in [2.45, 2.75) is 20.0 Å². The number of aryl methyl sites for hydroxylation is 1. The molecule has 0 unspecified atom stereocenters. The molecule has 1 aromatic heterocycles. The predicted molar refractivity (Wildman–Crippen MR) is 96.3 cm³/mol. The highest BCUT2D eigenvalue weighted by Gasteiger charge is 2.22. The second kappa shape index (κ2) is 7.86. The van der Waals surface area contributed by atoms with Crippen molar-refractivity contribution in [1.82, 2.24) is 14.9 Å². The van der Waals surface area contributed by atoms with Crippen LogP contribution in [0.5, 0.6) is 11.6 Å². The number of benzene rings is 1. The van der Waals surface area contributed by atoms with Crippen LogP contribution in [0.4, 0.5) is 4.79 Å². The zero-order chi connectivity index (χ0) is 18.5. The summed E-state index contributed by atoms with van der Waals surface area (Å²) in [5, 5.41) is 9.08. The molecule has 1 amide bonds. The summed E-state index contributed by atoms with van der Waals surface area (Å²) in [7, 11) is 1.63. The first-order valence-corrected chi connectivity index (χ1v) is 8.39. The summed E-state index contributed by atoms with van der Waals surface area (Å²) in [4.78, 5) is 21.3. The highest BCUT2D eigenvalue weighted by atomic mass is 16.5. The number of amides is 1. The molecule has 7 nitrogen and oxygen atoms in total. The van der Waals surface area contributed by atoms with E-state index in [1.54, 1.807) is 13.3 Å². The molecule has 0 fully saturated rings. The number of hydrogen-bond acceptors (Lipinski definition) is 5. The van der Waals surface area contributed by atoms with Gasteiger partial charge < -0.3 is 19.5 Å². The van der Waals surface area contributed by atoms with E-state index in [4.69, 9.17) is 14.6 Å². The quantitative estimate of drug-likeness (QED) is 0.857. The van der Waals surface area contributed by atoms with E-state index in [0.29, 0.717) is 31.4 Å². The maximum absolute atomic E-state index is 11.1. The minimum absolute atomic E-state index is 0.290. The van der Waals surface area contributed by atoms with Gasteiger partial charge in [0.2, 0.25) is 5.88 Å². The van der Waals surface area contributed by atoms with Crippen LogP contribution in [0.25, 0.3) is 5.57 Å². The smallest absolute Gasteiger partial charge is 0.407 e. The fourth-order valence-electron chi connectivity index (χ4n) is 2.65. The minimum Gasteiger partial charge on any atom is -0.497 e. The van der Waals surface area contributed by atoms with E-state index in [9.17, 15) is 4.79 Å². The van der Waals surface area contributed by atoms with E-state index >= 15 is 0 Å². The Hall–Kier alpha value is -3.09. The van der Waals surface area contributed by atoms with E-state index < -0.39 is 6.09 Å². The molecule has 2 aromatic rings. The molecule has 0 aliphatic carbocycles. The Labute approximate surface area is 151 Å². The predicted octanol–water partition coefficient (Wildman–Crippen LogP) is 3.00. The standard InChI is InChI=1S/C19H21N3O4/c1-3-14-10-20-17(15-8-9-22(11-15)19(23)24)21-18(14)26-12-13-4-6-16(25-2)7-5-13/h4-8,10H,3,9,11-12H2,1-2H3,(H,23,24). The number of methoxy groups -OCH3 is 1. The number of ether oxygens (including phenoxy) is 2. The zero-order valence-electron chi connectivity index (χ0n) is 14.8. The number of rotatable bonds is 6. The maximum atomic E-state index is 11.1. The first kappa shape index (κ1) is 17.7. The van der Waals surface area contributed by atoms with Gasteiger partial charge in [-0.15, -0.1) is 0 Å². The molecular weight excluding hydrogens is 334 g/mol. The Morgan fingerprint density at radius 3 is 2.69 bits per heavy atom. The molecule has 7 heteroatoms. The number of hydrogen-bond donors (Lipinski definition) is 1. The van der Waals surface area contributed by atoms with Crippen LogP contribution in [-0.2, 0) is 13.0 Å². The van der Waals surface area contributed by atoms with Crippen LogP contribution in [-0.4, -0.2) is 46.3 Å². The Bertz CT molecular complexity index is 818. The topological polar surface area (TPSA) is 84.8 Å². The van der Waals surface area contributed by atoms with Crippen LogP contribution < -0.4 is 9.47 Å². The van der Waals surface area contributed by atoms with Crippen LogP contribution in [0.15, 0.2) is 36.5 Å². The summed E-state index contributed by atoms with van der Waals surface area (Å²) in [6.07, 6.45) is 3.38. The SMILES string of the molecule is CCc1cnc(C2=CCN(C(=O)O)C2)nc1OCc1ccc(OC)cc1. The maximum Gasteiger partial charge on any atom is 0.407 e. The summed E-state index contributed by atoms with van der Waals surface area (Å²) in [5.74, 6) is 1.84. The van der Waals surface area contributed by atoms with Gasteiger partial charge in [0.25, 0.3) is 0 Å². The van der Waals surface area contributed by atoms with Gasteiger partial charge in [0.1, 0.15) is 12.4 Å². The van der Waals surface area contributed by atoms with Gasteiger partial charge in [-0.25, -0.2) is 9.78 Å². The van der Waals surface area contributed by atoms with Crippen molar-refractivity contribution in [2.24, 2.45) is 0 Å². The van der Waals surface area contributed by atoms with Gasteiger partial charge in [0.15, 0.2) is 5.82 Å². The second-order valence-corrected chi connectivity index (χ2v) is 5.91. The van der Waals surface area contributed by atoms with Crippen LogP contribution in [0.1, 0.15) is 23.9 Å². The van der Waals surface area contributed by atoms with Gasteiger partial charge >= 0.3 is 6.09 Å². The van der Waals surface area contributed by atoms with Crippen LogP contribution in [0.2, 0.25) is 0 Å². The van der Waals surface area contributed by atoms with Gasteiger partial charge in [0, 0.05) is 23.9 Å². The highest BCUT2D eigenvalue weighted by molar-refractivity contribution is 5.74. The third kappa shape index (κ3) is 3.93. The minimum atomic E-state index is -0.947. The molecule has 1 aliphatic heterocycles. The van der Waals surface area contributed by atoms with Gasteiger partial charge in [-0.05, 0) is 24.1 Å². The van der Waals surface area contributed by atoms with Gasteiger partial charge in [-0.1, -0.05) is 25.1 Å². The third-order valence-electron chi connectivity index (χ3n) is 4.22. The summed E-state index contributed by atoms with van der Waals surface area (Å²) >= 11 is 0. The Morgan fingerprint density at radius 2 is 2.08 bits per heavy atom. The fourth-order valence-corrected chi connectivity index (χ4v) is 2.65. The summed E-state index contributed by atoms with van der Waals surface area (Å²) in [6.45, 7) is 3.04. The monoisotopic (exact) mass is 355 g/mol. The molecule has 2 heterocycles. The molecule has 26 heavy (non-hydrogen) atoms. The first-order chi connectivity index (χ1) is 12.6. The Morgan fingerprint density at radius 1 is 1.31 bits per heavy atom. The largest absolute Gasteiger partial charge is 0.497 e. The van der Waals surface area contributed by atoms with Crippen molar-refractivity contribution in [3.8, 4) is 11.6 Å². The zero-order valence-corrected chi connectivity index (χ0v) is 14.8. The first-order valence-electron chi connectivity index (χ1n) is 8.39. The number of carbonyl (C=O) groups is 1. The lowest BCUT2D eigenvalue weighted by atomic mass is 10.2. The van der Waals surface area contributed by atoms with Crippen molar-refractivity contribution < 1.29 is 19.4 Å². The van der Waals surface area contributed by atoms with Gasteiger partial charge in [-0.3, -0.25) is 0 Å². The van der Waals surface area contributed by atoms with E-state index in [2.05, 4.69) is 9.97 Å². The molecule has 0 saturated heterocycles. The molecule has 136 valence electrons. The lowest BCUT2D eigenvalue weighted by molar-refractivity contribution is 0.158. The summed E-state index contributed by atoms with van der Waals surface area (Å²) < 4.78 is 11.1. The van der Waals surface area contributed by atoms with Gasteiger partial charge in [0.05, 0.1) is 13.7 Å². The average Bonchev–Trinajstić information content (AvgIpc) is 3.17. The normalized spacial score (nSPS) is 13.5. The van der Waals surface area contributed by atoms with E-state index in [-0.39, 0.29) is 0 Å². The van der Waals surface area contributed by atoms with E-state index in [1.165, 1.54) is 4.90 Å². The summed E-state index contributed by atoms with van der Waals surface area (Å²) in [5.41, 5.74) is 2.71. The van der Waals surface area contributed by atoms with E-state index in [1.807, 2.05) is 37.3 Å². The number of aromatic nitrogens is 2. The number of carboxylic acid groups (broad SMARTS) is 1. The van der Waals surface area contributed by atoms with Crippen LogP contribution >= 0.6 is 0 Å². The lowest BCUT2D eigenvalue weighted by Crippen LogP contribution is -2.26. The Balaban J connectivity index is 1.74. The second-order valence-electron chi connectivity index (χ2n) is 5.91. The summed E-state index contributed by atoms with van der Waals surface area (Å²) in [6, 6.07) is 7.65. The molecule has 0 atom stereocenters.